The van der Waals surface area contributed by atoms with Crippen LogP contribution >= 0.6 is 0 Å². The summed E-state index contributed by atoms with van der Waals surface area (Å²) in [6.07, 6.45) is 12.4. The van der Waals surface area contributed by atoms with Crippen molar-refractivity contribution in [3.05, 3.63) is 63.6 Å². The first-order valence-corrected chi connectivity index (χ1v) is 19.2. The zero-order chi connectivity index (χ0) is 36.4. The van der Waals surface area contributed by atoms with E-state index < -0.39 is 10.8 Å². The highest BCUT2D eigenvalue weighted by Gasteiger charge is 2.42. The lowest BCUT2D eigenvalue weighted by molar-refractivity contribution is -0.128. The van der Waals surface area contributed by atoms with Gasteiger partial charge in [0.25, 0.3) is 5.91 Å². The molecule has 8 heteroatoms. The van der Waals surface area contributed by atoms with E-state index in [0.29, 0.717) is 61.1 Å². The molecule has 0 atom stereocenters. The van der Waals surface area contributed by atoms with Crippen LogP contribution in [0.4, 0.5) is 11.4 Å². The monoisotopic (exact) mass is 682 g/mol. The van der Waals surface area contributed by atoms with Crippen LogP contribution in [-0.2, 0) is 14.4 Å². The summed E-state index contributed by atoms with van der Waals surface area (Å²) in [6.45, 7) is 20.0. The lowest BCUT2D eigenvalue weighted by atomic mass is 9.76. The third-order valence-electron chi connectivity index (χ3n) is 12.5. The van der Waals surface area contributed by atoms with Gasteiger partial charge >= 0.3 is 0 Å². The Balaban J connectivity index is 1.66. The predicted octanol–water partition coefficient (Wildman–Crippen LogP) is 9.02. The third kappa shape index (κ3) is 6.51. The van der Waals surface area contributed by atoms with Crippen molar-refractivity contribution >= 4 is 40.3 Å². The van der Waals surface area contributed by atoms with Gasteiger partial charge in [-0.15, -0.1) is 0 Å². The summed E-state index contributed by atoms with van der Waals surface area (Å²) in [6, 6.07) is 3.92. The molecule has 2 fully saturated rings. The summed E-state index contributed by atoms with van der Waals surface area (Å²) in [5.41, 5.74) is 5.18. The van der Waals surface area contributed by atoms with Gasteiger partial charge in [-0.25, -0.2) is 4.99 Å². The highest BCUT2D eigenvalue weighted by molar-refractivity contribution is 6.42. The van der Waals surface area contributed by atoms with Crippen LogP contribution in [-0.4, -0.2) is 59.5 Å². The van der Waals surface area contributed by atoms with Crippen molar-refractivity contribution < 1.29 is 19.5 Å². The van der Waals surface area contributed by atoms with Crippen molar-refractivity contribution in [3.63, 3.8) is 0 Å². The van der Waals surface area contributed by atoms with E-state index in [1.54, 1.807) is 0 Å². The van der Waals surface area contributed by atoms with Gasteiger partial charge in [0.1, 0.15) is 5.76 Å². The molecule has 0 radical (unpaired) electrons. The second-order valence-electron chi connectivity index (χ2n) is 14.7. The van der Waals surface area contributed by atoms with Crippen molar-refractivity contribution in [2.45, 2.75) is 120 Å². The maximum atomic E-state index is 14.4. The van der Waals surface area contributed by atoms with E-state index >= 15 is 0 Å². The maximum absolute atomic E-state index is 14.4. The fourth-order valence-corrected chi connectivity index (χ4v) is 8.40. The molecular weight excluding hydrogens is 624 g/mol. The minimum Gasteiger partial charge on any atom is -0.506 e. The molecule has 2 aliphatic heterocycles. The molecule has 4 aliphatic rings. The summed E-state index contributed by atoms with van der Waals surface area (Å²) in [5.74, 6) is -0.707. The van der Waals surface area contributed by atoms with E-state index in [2.05, 4.69) is 15.1 Å². The second-order valence-corrected chi connectivity index (χ2v) is 14.7. The Labute approximate surface area is 299 Å². The minimum atomic E-state index is -0.584. The Morgan fingerprint density at radius 2 is 1.32 bits per heavy atom. The van der Waals surface area contributed by atoms with Crippen LogP contribution < -0.4 is 10.2 Å². The number of aryl methyl sites for hydroxylation is 1. The molecule has 50 heavy (non-hydrogen) atoms. The summed E-state index contributed by atoms with van der Waals surface area (Å²) >= 11 is 0. The smallest absolute Gasteiger partial charge is 0.252 e. The largest absolute Gasteiger partial charge is 0.506 e. The molecule has 0 unspecified atom stereocenters. The topological polar surface area (TPSA) is 102 Å². The Morgan fingerprint density at radius 1 is 0.780 bits per heavy atom. The van der Waals surface area contributed by atoms with Crippen LogP contribution in [0.3, 0.4) is 0 Å². The number of aliphatic imine (C=N–C) groups is 1. The molecule has 1 aromatic carbocycles. The van der Waals surface area contributed by atoms with Crippen molar-refractivity contribution in [1.29, 1.82) is 0 Å². The van der Waals surface area contributed by atoms with Gasteiger partial charge in [0.05, 0.1) is 28.0 Å². The quantitative estimate of drug-likeness (QED) is 0.213. The number of hydrogen-bond acceptors (Lipinski definition) is 6. The van der Waals surface area contributed by atoms with E-state index in [1.165, 1.54) is 0 Å². The molecule has 5 rings (SSSR count). The first-order chi connectivity index (χ1) is 23.9. The number of benzene rings is 1. The number of carbonyl (C=O) groups is 3. The normalized spacial score (nSPS) is 20.8. The van der Waals surface area contributed by atoms with E-state index in [9.17, 15) is 19.5 Å². The van der Waals surface area contributed by atoms with Gasteiger partial charge in [-0.05, 0) is 113 Å². The van der Waals surface area contributed by atoms with Gasteiger partial charge in [0.2, 0.25) is 11.7 Å². The van der Waals surface area contributed by atoms with E-state index in [-0.39, 0.29) is 34.5 Å². The number of allylic oxidation sites excluding steroid dienone is 6. The average molecular weight is 683 g/mol. The first kappa shape index (κ1) is 37.3. The summed E-state index contributed by atoms with van der Waals surface area (Å²) < 4.78 is 0. The molecule has 1 aromatic rings. The number of nitrogens with zero attached hydrogens (tertiary/aromatic N) is 3. The molecule has 0 bridgehead atoms. The van der Waals surface area contributed by atoms with Crippen molar-refractivity contribution in [2.75, 3.05) is 36.4 Å². The molecule has 8 nitrogen and oxygen atoms in total. The lowest BCUT2D eigenvalue weighted by Gasteiger charge is -2.32. The Morgan fingerprint density at radius 3 is 1.84 bits per heavy atom. The number of anilines is 2. The molecule has 0 saturated carbocycles. The van der Waals surface area contributed by atoms with E-state index in [4.69, 9.17) is 4.99 Å². The van der Waals surface area contributed by atoms with Crippen LogP contribution in [0.2, 0.25) is 0 Å². The molecule has 270 valence electrons. The second kappa shape index (κ2) is 15.1. The lowest BCUT2D eigenvalue weighted by Crippen LogP contribution is -2.35. The van der Waals surface area contributed by atoms with Crippen LogP contribution in [0, 0.1) is 17.8 Å². The van der Waals surface area contributed by atoms with Crippen LogP contribution in [0.1, 0.15) is 124 Å². The number of amides is 2. The molecular formula is C42H58N4O4. The fourth-order valence-electron chi connectivity index (χ4n) is 8.40. The van der Waals surface area contributed by atoms with Gasteiger partial charge in [-0.1, -0.05) is 41.5 Å². The van der Waals surface area contributed by atoms with Gasteiger partial charge in [0, 0.05) is 54.1 Å². The molecule has 2 heterocycles. The number of Topliss-reactive ketones (excluding diaryl/α,β-unsaturated/α-hetero) is 1. The number of rotatable bonds is 12. The maximum Gasteiger partial charge on any atom is 0.252 e. The highest BCUT2D eigenvalue weighted by Crippen LogP contribution is 2.45. The van der Waals surface area contributed by atoms with Gasteiger partial charge in [0.15, 0.2) is 0 Å². The van der Waals surface area contributed by atoms with E-state index in [1.807, 2.05) is 79.7 Å². The number of aliphatic hydroxyl groups is 1. The average Bonchev–Trinajstić information content (AvgIpc) is 3.85. The zero-order valence-electron chi connectivity index (χ0n) is 31.7. The molecule has 2 aliphatic carbocycles. The molecule has 0 aromatic heterocycles. The Bertz CT molecular complexity index is 1670. The third-order valence-corrected chi connectivity index (χ3v) is 12.5. The number of carbonyl (C=O) groups excluding carboxylic acids is 3. The van der Waals surface area contributed by atoms with E-state index in [0.717, 1.165) is 74.4 Å². The van der Waals surface area contributed by atoms with Gasteiger partial charge < -0.3 is 20.2 Å². The van der Waals surface area contributed by atoms with Crippen LogP contribution in [0.5, 0.6) is 0 Å². The number of aliphatic hydroxyl groups excluding tert-OH is 1. The number of ketones is 1. The van der Waals surface area contributed by atoms with Crippen molar-refractivity contribution in [1.82, 2.24) is 4.90 Å². The first-order valence-electron chi connectivity index (χ1n) is 19.2. The summed E-state index contributed by atoms with van der Waals surface area (Å²) in [4.78, 5) is 51.5. The minimum absolute atomic E-state index is 0.0717. The Hall–Kier alpha value is -3.94. The summed E-state index contributed by atoms with van der Waals surface area (Å²) in [7, 11) is 0. The predicted molar refractivity (Wildman–Crippen MR) is 205 cm³/mol. The standard InChI is InChI=1S/C42H58N4O4/c1-9-41(10-2,11-3)39(49)43-31-25-33(45-19-15-16-20-45)27(7)23-29(31)35-37(47)36(38(35)48)30-24-28(8)34(46-21-17-18-22-46)26-32(30)44-40(50)42(12-4,13-5)14-6/h23-26,47H,9-22H2,1-8H3,(H,43,49). The number of hydrogen-bond donors (Lipinski definition) is 2. The van der Waals surface area contributed by atoms with Crippen molar-refractivity contribution in [2.24, 2.45) is 15.8 Å². The fraction of sp³-hybridized carbons (Fsp3) is 0.571. The Kier molecular flexibility index (Phi) is 11.3. The van der Waals surface area contributed by atoms with Crippen molar-refractivity contribution in [3.8, 4) is 0 Å². The van der Waals surface area contributed by atoms with Crippen LogP contribution in [0.25, 0.3) is 5.57 Å². The molecule has 0 spiro atoms. The zero-order valence-corrected chi connectivity index (χ0v) is 31.7. The van der Waals surface area contributed by atoms with Crippen LogP contribution in [0.15, 0.2) is 57.5 Å². The molecule has 2 amide bonds. The number of likely N-dealkylation sites (tertiary alicyclic amines) is 1. The number of nitrogens with one attached hydrogen (secondary N) is 1. The highest BCUT2D eigenvalue weighted by atomic mass is 16.3. The van der Waals surface area contributed by atoms with Gasteiger partial charge in [-0.3, -0.25) is 14.4 Å². The van der Waals surface area contributed by atoms with Gasteiger partial charge in [-0.2, -0.15) is 0 Å². The summed E-state index contributed by atoms with van der Waals surface area (Å²) in [5, 5.41) is 15.1. The molecule has 2 saturated heterocycles. The SMILES string of the molecule is CCC(CC)(CC)C(=O)N=C1C=C(N2CCCC2)C(C)=CC1=C1C(=O)C(c2cc(C)c(N3CCCC3)cc2NC(=O)C(CC)(CC)CC)=C1O. The molecule has 2 N–H and O–H groups in total.